The molecule has 0 bridgehead atoms. The lowest BCUT2D eigenvalue weighted by molar-refractivity contribution is -0.129. The summed E-state index contributed by atoms with van der Waals surface area (Å²) in [5.74, 6) is 0.827. The number of aromatic nitrogens is 2. The first-order valence-electron chi connectivity index (χ1n) is 8.26. The van der Waals surface area contributed by atoms with Gasteiger partial charge in [-0.05, 0) is 26.0 Å². The van der Waals surface area contributed by atoms with Gasteiger partial charge in [0.2, 0.25) is 5.91 Å². The maximum Gasteiger partial charge on any atom is 0.237 e. The zero-order chi connectivity index (χ0) is 17.1. The molecule has 2 aromatic rings. The molecular weight excluding hydrogens is 304 g/mol. The number of hydrogen-bond acceptors (Lipinski definition) is 4. The maximum atomic E-state index is 12.5. The van der Waals surface area contributed by atoms with Gasteiger partial charge in [0.1, 0.15) is 5.75 Å². The first-order valence-corrected chi connectivity index (χ1v) is 8.26. The van der Waals surface area contributed by atoms with E-state index in [-0.39, 0.29) is 18.0 Å². The van der Waals surface area contributed by atoms with Crippen molar-refractivity contribution in [2.75, 3.05) is 20.2 Å². The zero-order valence-corrected chi connectivity index (χ0v) is 14.3. The number of carbonyl (C=O) groups excluding carboxylic acids is 1. The second-order valence-electron chi connectivity index (χ2n) is 6.24. The average molecular weight is 328 g/mol. The molecule has 1 aromatic carbocycles. The van der Waals surface area contributed by atoms with Crippen LogP contribution in [0.3, 0.4) is 0 Å². The van der Waals surface area contributed by atoms with Gasteiger partial charge in [-0.2, -0.15) is 5.10 Å². The summed E-state index contributed by atoms with van der Waals surface area (Å²) in [7, 11) is 1.64. The van der Waals surface area contributed by atoms with E-state index in [0.717, 1.165) is 24.4 Å². The Morgan fingerprint density at radius 1 is 1.29 bits per heavy atom. The molecule has 1 fully saturated rings. The van der Waals surface area contributed by atoms with Crippen LogP contribution in [0.15, 0.2) is 42.7 Å². The van der Waals surface area contributed by atoms with Crippen molar-refractivity contribution in [2.45, 2.75) is 32.0 Å². The minimum atomic E-state index is -0.158. The highest BCUT2D eigenvalue weighted by Gasteiger charge is 2.35. The smallest absolute Gasteiger partial charge is 0.237 e. The summed E-state index contributed by atoms with van der Waals surface area (Å²) in [5.41, 5.74) is 0.985. The predicted octanol–water partition coefficient (Wildman–Crippen LogP) is 2.01. The van der Waals surface area contributed by atoms with Crippen LogP contribution in [0, 0.1) is 0 Å². The minimum absolute atomic E-state index is 0.0346. The SMILES string of the molecule is COc1ccccc1[C@H](C)NC(=O)[C@@H](C)N1CC(n2cccn2)C1. The Kier molecular flexibility index (Phi) is 4.85. The van der Waals surface area contributed by atoms with E-state index in [0.29, 0.717) is 6.04 Å². The van der Waals surface area contributed by atoms with Gasteiger partial charge in [-0.25, -0.2) is 0 Å². The number of nitrogens with zero attached hydrogens (tertiary/aromatic N) is 3. The van der Waals surface area contributed by atoms with E-state index in [9.17, 15) is 4.79 Å². The van der Waals surface area contributed by atoms with Crippen molar-refractivity contribution in [3.05, 3.63) is 48.3 Å². The van der Waals surface area contributed by atoms with E-state index in [1.54, 1.807) is 13.3 Å². The molecule has 1 aliphatic rings. The van der Waals surface area contributed by atoms with Crippen molar-refractivity contribution in [1.82, 2.24) is 20.0 Å². The second kappa shape index (κ2) is 7.05. The fourth-order valence-electron chi connectivity index (χ4n) is 3.07. The van der Waals surface area contributed by atoms with Gasteiger partial charge in [-0.3, -0.25) is 14.4 Å². The van der Waals surface area contributed by atoms with Crippen molar-refractivity contribution >= 4 is 5.91 Å². The molecule has 24 heavy (non-hydrogen) atoms. The number of benzene rings is 1. The first-order chi connectivity index (χ1) is 11.6. The lowest BCUT2D eigenvalue weighted by Crippen LogP contribution is -2.56. The predicted molar refractivity (Wildman–Crippen MR) is 91.9 cm³/mol. The van der Waals surface area contributed by atoms with Crippen molar-refractivity contribution in [2.24, 2.45) is 0 Å². The van der Waals surface area contributed by atoms with E-state index < -0.39 is 0 Å². The molecule has 2 atom stereocenters. The van der Waals surface area contributed by atoms with E-state index in [1.165, 1.54) is 0 Å². The van der Waals surface area contributed by atoms with Gasteiger partial charge in [0.25, 0.3) is 0 Å². The van der Waals surface area contributed by atoms with Gasteiger partial charge in [0.15, 0.2) is 0 Å². The highest BCUT2D eigenvalue weighted by atomic mass is 16.5. The molecule has 6 nitrogen and oxygen atoms in total. The molecule has 2 heterocycles. The Hall–Kier alpha value is -2.34. The van der Waals surface area contributed by atoms with Crippen LogP contribution in [0.5, 0.6) is 5.75 Å². The summed E-state index contributed by atoms with van der Waals surface area (Å²) >= 11 is 0. The number of hydrogen-bond donors (Lipinski definition) is 1. The Balaban J connectivity index is 1.55. The summed E-state index contributed by atoms with van der Waals surface area (Å²) in [6, 6.07) is 9.80. The maximum absolute atomic E-state index is 12.5. The molecule has 3 rings (SSSR count). The van der Waals surface area contributed by atoms with Gasteiger partial charge in [-0.15, -0.1) is 0 Å². The number of rotatable bonds is 6. The van der Waals surface area contributed by atoms with Crippen LogP contribution in [-0.4, -0.2) is 46.8 Å². The van der Waals surface area contributed by atoms with Crippen LogP contribution in [0.1, 0.15) is 31.5 Å². The summed E-state index contributed by atoms with van der Waals surface area (Å²) in [5, 5.41) is 7.35. The molecule has 1 N–H and O–H groups in total. The summed E-state index contributed by atoms with van der Waals surface area (Å²) < 4.78 is 7.33. The van der Waals surface area contributed by atoms with E-state index in [1.807, 2.05) is 55.1 Å². The molecule has 1 aliphatic heterocycles. The van der Waals surface area contributed by atoms with Crippen LogP contribution in [-0.2, 0) is 4.79 Å². The Labute approximate surface area is 142 Å². The van der Waals surface area contributed by atoms with E-state index >= 15 is 0 Å². The van der Waals surface area contributed by atoms with Crippen LogP contribution < -0.4 is 10.1 Å². The number of likely N-dealkylation sites (tertiary alicyclic amines) is 1. The van der Waals surface area contributed by atoms with Crippen molar-refractivity contribution in [1.29, 1.82) is 0 Å². The van der Waals surface area contributed by atoms with Gasteiger partial charge in [0, 0.05) is 31.0 Å². The Morgan fingerprint density at radius 2 is 2.04 bits per heavy atom. The monoisotopic (exact) mass is 328 g/mol. The van der Waals surface area contributed by atoms with Gasteiger partial charge in [-0.1, -0.05) is 18.2 Å². The molecule has 0 radical (unpaired) electrons. The highest BCUT2D eigenvalue weighted by molar-refractivity contribution is 5.82. The standard InChI is InChI=1S/C18H24N4O2/c1-13(16-7-4-5-8-17(16)24-3)20-18(23)14(2)21-11-15(12-21)22-10-6-9-19-22/h4-10,13-15H,11-12H2,1-3H3,(H,20,23)/t13-,14+/m0/s1. The first kappa shape index (κ1) is 16.5. The lowest BCUT2D eigenvalue weighted by atomic mass is 10.0. The molecule has 1 amide bonds. The molecule has 0 aliphatic carbocycles. The van der Waals surface area contributed by atoms with Crippen molar-refractivity contribution in [3.8, 4) is 5.75 Å². The van der Waals surface area contributed by atoms with Gasteiger partial charge in [0.05, 0.1) is 25.2 Å². The van der Waals surface area contributed by atoms with Crippen molar-refractivity contribution in [3.63, 3.8) is 0 Å². The molecule has 128 valence electrons. The number of nitrogens with one attached hydrogen (secondary N) is 1. The van der Waals surface area contributed by atoms with Crippen molar-refractivity contribution < 1.29 is 9.53 Å². The second-order valence-corrected chi connectivity index (χ2v) is 6.24. The minimum Gasteiger partial charge on any atom is -0.496 e. The topological polar surface area (TPSA) is 59.4 Å². The van der Waals surface area contributed by atoms with Gasteiger partial charge >= 0.3 is 0 Å². The van der Waals surface area contributed by atoms with Gasteiger partial charge < -0.3 is 10.1 Å². The Morgan fingerprint density at radius 3 is 2.71 bits per heavy atom. The molecule has 0 unspecified atom stereocenters. The summed E-state index contributed by atoms with van der Waals surface area (Å²) in [6.07, 6.45) is 3.75. The van der Waals surface area contributed by atoms with E-state index in [2.05, 4.69) is 15.3 Å². The fourth-order valence-corrected chi connectivity index (χ4v) is 3.07. The third-order valence-corrected chi connectivity index (χ3v) is 4.68. The quantitative estimate of drug-likeness (QED) is 0.881. The third kappa shape index (κ3) is 3.28. The largest absolute Gasteiger partial charge is 0.496 e. The molecule has 6 heteroatoms. The normalized spacial score (nSPS) is 17.8. The molecule has 1 saturated heterocycles. The highest BCUT2D eigenvalue weighted by Crippen LogP contribution is 2.26. The van der Waals surface area contributed by atoms with Crippen LogP contribution >= 0.6 is 0 Å². The number of ether oxygens (including phenoxy) is 1. The van der Waals surface area contributed by atoms with Crippen LogP contribution in [0.4, 0.5) is 0 Å². The average Bonchev–Trinajstić information content (AvgIpc) is 3.07. The third-order valence-electron chi connectivity index (χ3n) is 4.68. The molecular formula is C18H24N4O2. The molecule has 0 spiro atoms. The number of amides is 1. The van der Waals surface area contributed by atoms with Crippen LogP contribution in [0.2, 0.25) is 0 Å². The summed E-state index contributed by atoms with van der Waals surface area (Å²) in [6.45, 7) is 5.62. The Bertz CT molecular complexity index is 680. The fraction of sp³-hybridized carbons (Fsp3) is 0.444. The summed E-state index contributed by atoms with van der Waals surface area (Å²) in [4.78, 5) is 14.7. The van der Waals surface area contributed by atoms with E-state index in [4.69, 9.17) is 4.74 Å². The van der Waals surface area contributed by atoms with Crippen LogP contribution in [0.25, 0.3) is 0 Å². The lowest BCUT2D eigenvalue weighted by Gasteiger charge is -2.42. The molecule has 0 saturated carbocycles. The zero-order valence-electron chi connectivity index (χ0n) is 14.3. The number of carbonyl (C=O) groups is 1. The number of methoxy groups -OCH3 is 1. The molecule has 1 aromatic heterocycles. The number of para-hydroxylation sites is 1.